The number of primary amides is 1. The van der Waals surface area contributed by atoms with E-state index >= 15 is 0 Å². The Balaban J connectivity index is 1.82. The van der Waals surface area contributed by atoms with Crippen LogP contribution in [0, 0.1) is 0 Å². The maximum atomic E-state index is 11.7. The molecule has 0 spiro atoms. The first kappa shape index (κ1) is 15.2. The Kier molecular flexibility index (Phi) is 3.42. The van der Waals surface area contributed by atoms with Gasteiger partial charge in [-0.2, -0.15) is 0 Å². The van der Waals surface area contributed by atoms with Crippen molar-refractivity contribution in [1.82, 2.24) is 14.9 Å². The Bertz CT molecular complexity index is 995. The van der Waals surface area contributed by atoms with Gasteiger partial charge in [0.05, 0.1) is 23.7 Å². The smallest absolute Gasteiger partial charge is 0.408 e. The van der Waals surface area contributed by atoms with Gasteiger partial charge in [0.1, 0.15) is 11.3 Å². The standard InChI is InChI=1S/C18H16N4O3/c19-16(23)12-6-3-7-13-15(12)21-17(20-13)14-8-10-4-1-2-5-11(10)9-22(14)18(24)25/h1-7,14H,8-9H2,(H2,19,23)(H,20,21)(H,24,25). The molecule has 0 bridgehead atoms. The van der Waals surface area contributed by atoms with Gasteiger partial charge in [-0.05, 0) is 23.3 Å². The van der Waals surface area contributed by atoms with Gasteiger partial charge in [-0.25, -0.2) is 9.78 Å². The molecule has 2 amide bonds. The number of nitrogens with two attached hydrogens (primary N) is 1. The van der Waals surface area contributed by atoms with Crippen molar-refractivity contribution in [2.24, 2.45) is 5.73 Å². The van der Waals surface area contributed by atoms with E-state index in [1.54, 1.807) is 18.2 Å². The lowest BCUT2D eigenvalue weighted by atomic mass is 9.94. The van der Waals surface area contributed by atoms with Crippen LogP contribution in [0.4, 0.5) is 4.79 Å². The zero-order valence-electron chi connectivity index (χ0n) is 13.3. The minimum atomic E-state index is -1.00. The summed E-state index contributed by atoms with van der Waals surface area (Å²) in [6, 6.07) is 12.5. The number of para-hydroxylation sites is 1. The number of fused-ring (bicyclic) bond motifs is 2. The number of H-pyrrole nitrogens is 1. The number of nitrogens with one attached hydrogen (secondary N) is 1. The second kappa shape index (κ2) is 5.62. The van der Waals surface area contributed by atoms with Gasteiger partial charge in [-0.1, -0.05) is 30.3 Å². The zero-order chi connectivity index (χ0) is 17.6. The van der Waals surface area contributed by atoms with Gasteiger partial charge in [-0.3, -0.25) is 9.69 Å². The molecule has 0 aliphatic carbocycles. The SMILES string of the molecule is NC(=O)c1cccc2[nH]c(C3Cc4ccccc4CN3C(=O)O)nc12. The van der Waals surface area contributed by atoms with Gasteiger partial charge in [-0.15, -0.1) is 0 Å². The van der Waals surface area contributed by atoms with Crippen molar-refractivity contribution in [1.29, 1.82) is 0 Å². The molecule has 1 unspecified atom stereocenters. The number of hydrogen-bond donors (Lipinski definition) is 3. The van der Waals surface area contributed by atoms with Gasteiger partial charge >= 0.3 is 6.09 Å². The molecule has 1 aliphatic rings. The highest BCUT2D eigenvalue weighted by Crippen LogP contribution is 2.33. The summed E-state index contributed by atoms with van der Waals surface area (Å²) in [5.41, 5.74) is 8.95. The largest absolute Gasteiger partial charge is 0.465 e. The van der Waals surface area contributed by atoms with Crippen LogP contribution in [-0.2, 0) is 13.0 Å². The highest BCUT2D eigenvalue weighted by Gasteiger charge is 2.33. The fraction of sp³-hybridized carbons (Fsp3) is 0.167. The molecule has 7 nitrogen and oxygen atoms in total. The molecule has 126 valence electrons. The average molecular weight is 336 g/mol. The van der Waals surface area contributed by atoms with Gasteiger partial charge in [0.15, 0.2) is 0 Å². The first-order chi connectivity index (χ1) is 12.0. The number of carboxylic acid groups (broad SMARTS) is 1. The van der Waals surface area contributed by atoms with Crippen molar-refractivity contribution < 1.29 is 14.7 Å². The fourth-order valence-corrected chi connectivity index (χ4v) is 3.38. The summed E-state index contributed by atoms with van der Waals surface area (Å²) in [4.78, 5) is 32.4. The topological polar surface area (TPSA) is 112 Å². The predicted octanol–water partition coefficient (Wildman–Crippen LogP) is 2.44. The molecule has 0 saturated carbocycles. The van der Waals surface area contributed by atoms with Gasteiger partial charge in [0, 0.05) is 6.42 Å². The highest BCUT2D eigenvalue weighted by atomic mass is 16.4. The Morgan fingerprint density at radius 1 is 1.16 bits per heavy atom. The number of nitrogens with zero attached hydrogens (tertiary/aromatic N) is 2. The Hall–Kier alpha value is -3.35. The monoisotopic (exact) mass is 336 g/mol. The number of aromatic nitrogens is 2. The number of amides is 2. The molecule has 4 rings (SSSR count). The summed E-state index contributed by atoms with van der Waals surface area (Å²) in [7, 11) is 0. The van der Waals surface area contributed by atoms with Gasteiger partial charge in [0.25, 0.3) is 5.91 Å². The van der Waals surface area contributed by atoms with E-state index in [4.69, 9.17) is 5.73 Å². The van der Waals surface area contributed by atoms with Crippen LogP contribution < -0.4 is 5.73 Å². The molecule has 2 aromatic carbocycles. The van der Waals surface area contributed by atoms with E-state index < -0.39 is 18.0 Å². The molecular formula is C18H16N4O3. The van der Waals surface area contributed by atoms with Crippen molar-refractivity contribution in [2.45, 2.75) is 19.0 Å². The minimum absolute atomic E-state index is 0.301. The number of imidazole rings is 1. The molecule has 0 radical (unpaired) electrons. The molecule has 3 aromatic rings. The summed E-state index contributed by atoms with van der Waals surface area (Å²) in [5, 5.41) is 9.62. The van der Waals surface area contributed by atoms with E-state index in [0.29, 0.717) is 35.4 Å². The van der Waals surface area contributed by atoms with Gasteiger partial charge < -0.3 is 15.8 Å². The molecule has 4 N–H and O–H groups in total. The number of carbonyl (C=O) groups is 2. The third-order valence-corrected chi connectivity index (χ3v) is 4.61. The van der Waals surface area contributed by atoms with Crippen molar-refractivity contribution in [3.8, 4) is 0 Å². The van der Waals surface area contributed by atoms with Crippen LogP contribution in [0.5, 0.6) is 0 Å². The fourth-order valence-electron chi connectivity index (χ4n) is 3.38. The lowest BCUT2D eigenvalue weighted by molar-refractivity contribution is 0.100. The first-order valence-electron chi connectivity index (χ1n) is 7.89. The van der Waals surface area contributed by atoms with Crippen molar-refractivity contribution >= 4 is 23.0 Å². The van der Waals surface area contributed by atoms with E-state index in [9.17, 15) is 14.7 Å². The lowest BCUT2D eigenvalue weighted by Crippen LogP contribution is -2.38. The third kappa shape index (κ3) is 2.50. The Morgan fingerprint density at radius 2 is 1.92 bits per heavy atom. The molecule has 1 aromatic heterocycles. The van der Waals surface area contributed by atoms with Gasteiger partial charge in [0.2, 0.25) is 0 Å². The highest BCUT2D eigenvalue weighted by molar-refractivity contribution is 6.04. The van der Waals surface area contributed by atoms with Crippen LogP contribution in [0.1, 0.15) is 33.4 Å². The third-order valence-electron chi connectivity index (χ3n) is 4.61. The second-order valence-corrected chi connectivity index (χ2v) is 6.09. The summed E-state index contributed by atoms with van der Waals surface area (Å²) in [5.74, 6) is -0.0478. The van der Waals surface area contributed by atoms with Crippen molar-refractivity contribution in [3.05, 3.63) is 65.0 Å². The Labute approximate surface area is 143 Å². The van der Waals surface area contributed by atoms with Crippen LogP contribution in [0.3, 0.4) is 0 Å². The maximum Gasteiger partial charge on any atom is 0.408 e. The number of benzene rings is 2. The quantitative estimate of drug-likeness (QED) is 0.667. The number of aromatic amines is 1. The van der Waals surface area contributed by atoms with Crippen LogP contribution in [-0.4, -0.2) is 32.0 Å². The van der Waals surface area contributed by atoms with Crippen LogP contribution in [0.25, 0.3) is 11.0 Å². The summed E-state index contributed by atoms with van der Waals surface area (Å²) >= 11 is 0. The molecule has 1 atom stereocenters. The average Bonchev–Trinajstić information content (AvgIpc) is 3.04. The maximum absolute atomic E-state index is 11.7. The summed E-state index contributed by atoms with van der Waals surface area (Å²) in [6.45, 7) is 0.301. The number of hydrogen-bond acceptors (Lipinski definition) is 3. The van der Waals surface area contributed by atoms with Crippen LogP contribution in [0.2, 0.25) is 0 Å². The van der Waals surface area contributed by atoms with Crippen molar-refractivity contribution in [3.63, 3.8) is 0 Å². The molecule has 25 heavy (non-hydrogen) atoms. The molecule has 2 heterocycles. The molecule has 7 heteroatoms. The van der Waals surface area contributed by atoms with Crippen LogP contribution in [0.15, 0.2) is 42.5 Å². The van der Waals surface area contributed by atoms with E-state index in [1.807, 2.05) is 24.3 Å². The number of carbonyl (C=O) groups excluding carboxylic acids is 1. The minimum Gasteiger partial charge on any atom is -0.465 e. The van der Waals surface area contributed by atoms with Crippen LogP contribution >= 0.6 is 0 Å². The van der Waals surface area contributed by atoms with E-state index in [1.165, 1.54) is 4.90 Å². The van der Waals surface area contributed by atoms with E-state index in [-0.39, 0.29) is 0 Å². The number of rotatable bonds is 2. The molecule has 0 saturated heterocycles. The molecule has 1 aliphatic heterocycles. The predicted molar refractivity (Wildman–Crippen MR) is 91.1 cm³/mol. The second-order valence-electron chi connectivity index (χ2n) is 6.09. The van der Waals surface area contributed by atoms with E-state index in [0.717, 1.165) is 11.1 Å². The molecular weight excluding hydrogens is 320 g/mol. The lowest BCUT2D eigenvalue weighted by Gasteiger charge is -2.33. The Morgan fingerprint density at radius 3 is 2.64 bits per heavy atom. The zero-order valence-corrected chi connectivity index (χ0v) is 13.3. The molecule has 0 fully saturated rings. The van der Waals surface area contributed by atoms with Crippen molar-refractivity contribution in [2.75, 3.05) is 0 Å². The summed E-state index contributed by atoms with van der Waals surface area (Å²) < 4.78 is 0. The summed E-state index contributed by atoms with van der Waals surface area (Å²) in [6.07, 6.45) is -0.483. The van der Waals surface area contributed by atoms with E-state index in [2.05, 4.69) is 9.97 Å². The first-order valence-corrected chi connectivity index (χ1v) is 7.89. The normalized spacial score (nSPS) is 16.6.